The number of rotatable bonds is 4. The van der Waals surface area contributed by atoms with E-state index in [4.69, 9.17) is 0 Å². The zero-order valence-corrected chi connectivity index (χ0v) is 16.3. The van der Waals surface area contributed by atoms with Crippen LogP contribution in [0.1, 0.15) is 28.8 Å². The molecule has 3 aromatic rings. The maximum absolute atomic E-state index is 13.1. The van der Waals surface area contributed by atoms with E-state index in [0.717, 1.165) is 30.8 Å². The van der Waals surface area contributed by atoms with Crippen LogP contribution in [0.15, 0.2) is 55.0 Å². The van der Waals surface area contributed by atoms with Crippen molar-refractivity contribution in [1.82, 2.24) is 24.9 Å². The van der Waals surface area contributed by atoms with Crippen LogP contribution in [0.4, 0.5) is 19.0 Å². The molecular weight excluding hydrogens is 409 g/mol. The first-order valence-corrected chi connectivity index (χ1v) is 9.96. The van der Waals surface area contributed by atoms with Crippen LogP contribution < -0.4 is 5.32 Å². The number of nitrogens with zero attached hydrogens (tertiary/aromatic N) is 5. The molecule has 5 rings (SSSR count). The molecule has 1 saturated carbocycles. The minimum Gasteiger partial charge on any atom is -0.365 e. The van der Waals surface area contributed by atoms with Crippen LogP contribution in [0.25, 0.3) is 5.69 Å². The van der Waals surface area contributed by atoms with Crippen molar-refractivity contribution in [2.24, 2.45) is 5.92 Å². The number of nitrogens with one attached hydrogen (secondary N) is 1. The third-order valence-electron chi connectivity index (χ3n) is 5.93. The summed E-state index contributed by atoms with van der Waals surface area (Å²) in [6.45, 7) is 0.685. The summed E-state index contributed by atoms with van der Waals surface area (Å²) in [4.78, 5) is 20.3. The van der Waals surface area contributed by atoms with Gasteiger partial charge in [-0.15, -0.1) is 0 Å². The fraction of sp³-hybridized carbons (Fsp3) is 0.333. The maximum atomic E-state index is 13.1. The predicted molar refractivity (Wildman–Crippen MR) is 106 cm³/mol. The second kappa shape index (κ2) is 7.36. The number of piperidine rings is 1. The number of fused-ring (bicyclic) bond motifs is 2. The second-order valence-corrected chi connectivity index (χ2v) is 7.91. The van der Waals surface area contributed by atoms with Crippen molar-refractivity contribution in [2.45, 2.75) is 31.1 Å². The molecule has 2 aliphatic rings. The maximum Gasteiger partial charge on any atom is 0.417 e. The highest BCUT2D eigenvalue weighted by Gasteiger charge is 2.47. The van der Waals surface area contributed by atoms with Gasteiger partial charge in [-0.05, 0) is 55.2 Å². The molecule has 1 aliphatic carbocycles. The Hall–Kier alpha value is -3.43. The minimum absolute atomic E-state index is 0.0194. The van der Waals surface area contributed by atoms with E-state index in [0.29, 0.717) is 23.8 Å². The number of halogens is 3. The molecular formula is C21H19F3N6O. The van der Waals surface area contributed by atoms with Gasteiger partial charge >= 0.3 is 6.18 Å². The lowest BCUT2D eigenvalue weighted by Crippen LogP contribution is -2.47. The third-order valence-corrected chi connectivity index (χ3v) is 5.93. The van der Waals surface area contributed by atoms with Crippen molar-refractivity contribution < 1.29 is 18.0 Å². The fourth-order valence-electron chi connectivity index (χ4n) is 4.50. The Balaban J connectivity index is 1.28. The SMILES string of the molecule is O=C(c1ccc(-n2nccn2)cc1)N1C[C@H]2C[C@@H](Nc3ccc(C(F)(F)F)cn3)[C@@H]1C2. The quantitative estimate of drug-likeness (QED) is 0.690. The Bertz CT molecular complexity index is 1070. The van der Waals surface area contributed by atoms with Gasteiger partial charge in [0, 0.05) is 24.3 Å². The Morgan fingerprint density at radius 3 is 2.39 bits per heavy atom. The highest BCUT2D eigenvalue weighted by Crippen LogP contribution is 2.40. The first-order valence-electron chi connectivity index (χ1n) is 9.96. The lowest BCUT2D eigenvalue weighted by molar-refractivity contribution is -0.137. The monoisotopic (exact) mass is 428 g/mol. The van der Waals surface area contributed by atoms with Gasteiger partial charge in [-0.3, -0.25) is 4.79 Å². The van der Waals surface area contributed by atoms with Crippen LogP contribution in [0, 0.1) is 5.92 Å². The summed E-state index contributed by atoms with van der Waals surface area (Å²) in [6.07, 6.45) is 1.32. The Kier molecular flexibility index (Phi) is 4.64. The Morgan fingerprint density at radius 2 is 1.77 bits per heavy atom. The normalized spacial score (nSPS) is 22.7. The number of carbonyl (C=O) groups excluding carboxylic acids is 1. The average molecular weight is 428 g/mol. The number of anilines is 1. The third kappa shape index (κ3) is 3.73. The number of carbonyl (C=O) groups is 1. The van der Waals surface area contributed by atoms with Crippen LogP contribution in [0.5, 0.6) is 0 Å². The van der Waals surface area contributed by atoms with E-state index in [1.165, 1.54) is 10.9 Å². The fourth-order valence-corrected chi connectivity index (χ4v) is 4.50. The van der Waals surface area contributed by atoms with Crippen LogP contribution in [0.2, 0.25) is 0 Å². The van der Waals surface area contributed by atoms with Gasteiger partial charge in [-0.25, -0.2) is 4.98 Å². The molecule has 0 radical (unpaired) electrons. The van der Waals surface area contributed by atoms with Gasteiger partial charge in [0.1, 0.15) is 5.82 Å². The lowest BCUT2D eigenvalue weighted by Gasteiger charge is -2.34. The van der Waals surface area contributed by atoms with E-state index >= 15 is 0 Å². The number of hydrogen-bond acceptors (Lipinski definition) is 5. The number of benzene rings is 1. The standard InChI is InChI=1S/C21H19F3N6O/c22-21(23,24)15-3-6-19(25-11-15)28-17-9-13-10-18(17)29(12-13)20(31)14-1-4-16(5-2-14)30-26-7-8-27-30/h1-8,11,13,17-18H,9-10,12H2,(H,25,28)/t13-,17+,18-/m0/s1. The first-order chi connectivity index (χ1) is 14.9. The molecule has 3 atom stereocenters. The molecule has 7 nitrogen and oxygen atoms in total. The van der Waals surface area contributed by atoms with Gasteiger partial charge in [-0.1, -0.05) is 0 Å². The number of hydrogen-bond donors (Lipinski definition) is 1. The molecule has 160 valence electrons. The zero-order valence-electron chi connectivity index (χ0n) is 16.3. The average Bonchev–Trinajstić information content (AvgIpc) is 3.50. The molecule has 1 aliphatic heterocycles. The summed E-state index contributed by atoms with van der Waals surface area (Å²) < 4.78 is 38.2. The Morgan fingerprint density at radius 1 is 1.03 bits per heavy atom. The van der Waals surface area contributed by atoms with Crippen LogP contribution in [-0.2, 0) is 6.18 Å². The van der Waals surface area contributed by atoms with E-state index in [2.05, 4.69) is 20.5 Å². The molecule has 31 heavy (non-hydrogen) atoms. The molecule has 0 spiro atoms. The summed E-state index contributed by atoms with van der Waals surface area (Å²) in [5.41, 5.74) is 0.559. The van der Waals surface area contributed by atoms with Gasteiger partial charge in [0.05, 0.1) is 29.7 Å². The van der Waals surface area contributed by atoms with Gasteiger partial charge in [0.25, 0.3) is 5.91 Å². The van der Waals surface area contributed by atoms with Gasteiger partial charge in [0.15, 0.2) is 0 Å². The van der Waals surface area contributed by atoms with Crippen molar-refractivity contribution in [3.8, 4) is 5.69 Å². The van der Waals surface area contributed by atoms with Gasteiger partial charge in [0.2, 0.25) is 0 Å². The summed E-state index contributed by atoms with van der Waals surface area (Å²) in [5, 5.41) is 11.4. The highest BCUT2D eigenvalue weighted by molar-refractivity contribution is 5.95. The van der Waals surface area contributed by atoms with Crippen molar-refractivity contribution in [2.75, 3.05) is 11.9 Å². The number of pyridine rings is 1. The molecule has 2 aromatic heterocycles. The summed E-state index contributed by atoms with van der Waals surface area (Å²) >= 11 is 0. The van der Waals surface area contributed by atoms with Gasteiger partial charge in [-0.2, -0.15) is 28.2 Å². The van der Waals surface area contributed by atoms with E-state index in [-0.39, 0.29) is 18.0 Å². The first kappa shape index (κ1) is 19.5. The molecule has 3 heterocycles. The molecule has 1 amide bonds. The van der Waals surface area contributed by atoms with E-state index in [1.807, 2.05) is 4.90 Å². The van der Waals surface area contributed by atoms with E-state index in [9.17, 15) is 18.0 Å². The highest BCUT2D eigenvalue weighted by atomic mass is 19.4. The topological polar surface area (TPSA) is 75.9 Å². The molecule has 1 N–H and O–H groups in total. The second-order valence-electron chi connectivity index (χ2n) is 7.91. The van der Waals surface area contributed by atoms with Crippen molar-refractivity contribution in [3.05, 3.63) is 66.1 Å². The summed E-state index contributed by atoms with van der Waals surface area (Å²) in [5.74, 6) is 0.696. The van der Waals surface area contributed by atoms with E-state index < -0.39 is 11.7 Å². The van der Waals surface area contributed by atoms with Crippen LogP contribution >= 0.6 is 0 Å². The number of alkyl halides is 3. The van der Waals surface area contributed by atoms with E-state index in [1.54, 1.807) is 36.7 Å². The summed E-state index contributed by atoms with van der Waals surface area (Å²) in [6, 6.07) is 9.39. The lowest BCUT2D eigenvalue weighted by atomic mass is 10.0. The van der Waals surface area contributed by atoms with Crippen molar-refractivity contribution in [3.63, 3.8) is 0 Å². The molecule has 0 unspecified atom stereocenters. The molecule has 1 saturated heterocycles. The molecule has 2 fully saturated rings. The number of likely N-dealkylation sites (tertiary alicyclic amines) is 1. The largest absolute Gasteiger partial charge is 0.417 e. The van der Waals surface area contributed by atoms with Crippen LogP contribution in [0.3, 0.4) is 0 Å². The number of aromatic nitrogens is 4. The molecule has 1 aromatic carbocycles. The number of amides is 1. The molecule has 10 heteroatoms. The molecule has 2 bridgehead atoms. The van der Waals surface area contributed by atoms with Crippen molar-refractivity contribution in [1.29, 1.82) is 0 Å². The zero-order chi connectivity index (χ0) is 21.6. The minimum atomic E-state index is -4.41. The van der Waals surface area contributed by atoms with Crippen molar-refractivity contribution >= 4 is 11.7 Å². The smallest absolute Gasteiger partial charge is 0.365 e. The predicted octanol–water partition coefficient (Wildman–Crippen LogP) is 3.40. The Labute approximate surface area is 175 Å². The summed E-state index contributed by atoms with van der Waals surface area (Å²) in [7, 11) is 0. The van der Waals surface area contributed by atoms with Gasteiger partial charge < -0.3 is 10.2 Å². The van der Waals surface area contributed by atoms with Crippen LogP contribution in [-0.4, -0.2) is 49.4 Å².